The molecule has 1 aliphatic heterocycles. The van der Waals surface area contributed by atoms with Gasteiger partial charge in [0.1, 0.15) is 16.8 Å². The second kappa shape index (κ2) is 10.4. The molecule has 0 bridgehead atoms. The van der Waals surface area contributed by atoms with E-state index in [2.05, 4.69) is 34.2 Å². The molecule has 3 aromatic heterocycles. The standard InChI is InChI=1S/C30H29FN6O4/c1-16(2)27-21-13-18(5-8-23(21)35-36(27)4)26-22(31)15-32-30(34-26)33-19-6-7-20-24(14-19)41-29(39)25(17(3)38)28(20)37-9-11-40-12-10-37/h5-8,13-16H,9-12H2,1-4H3,(H,32,33,34). The van der Waals surface area contributed by atoms with Crippen molar-refractivity contribution in [2.45, 2.75) is 26.7 Å². The first-order chi connectivity index (χ1) is 19.7. The van der Waals surface area contributed by atoms with Gasteiger partial charge in [-0.05, 0) is 37.1 Å². The molecule has 4 heterocycles. The number of aryl methyl sites for hydroxylation is 1. The van der Waals surface area contributed by atoms with E-state index in [0.29, 0.717) is 54.2 Å². The molecule has 2 aromatic carbocycles. The molecule has 0 aliphatic carbocycles. The summed E-state index contributed by atoms with van der Waals surface area (Å²) in [4.78, 5) is 35.8. The highest BCUT2D eigenvalue weighted by Crippen LogP contribution is 2.33. The third-order valence-electron chi connectivity index (χ3n) is 7.26. The van der Waals surface area contributed by atoms with Crippen molar-refractivity contribution >= 4 is 45.0 Å². The lowest BCUT2D eigenvalue weighted by molar-refractivity contribution is 0.101. The molecule has 10 nitrogen and oxygen atoms in total. The van der Waals surface area contributed by atoms with Crippen LogP contribution in [0.4, 0.5) is 21.7 Å². The number of carbonyl (C=O) groups excluding carboxylic acids is 1. The minimum absolute atomic E-state index is 0.0258. The molecule has 0 saturated carbocycles. The third-order valence-corrected chi connectivity index (χ3v) is 7.26. The van der Waals surface area contributed by atoms with Crippen molar-refractivity contribution in [2.24, 2.45) is 7.05 Å². The van der Waals surface area contributed by atoms with E-state index in [0.717, 1.165) is 22.8 Å². The number of nitrogens with one attached hydrogen (secondary N) is 1. The number of halogens is 1. The molecule has 0 atom stereocenters. The van der Waals surface area contributed by atoms with Crippen LogP contribution in [0, 0.1) is 5.82 Å². The van der Waals surface area contributed by atoms with Gasteiger partial charge in [0.25, 0.3) is 0 Å². The molecular weight excluding hydrogens is 527 g/mol. The van der Waals surface area contributed by atoms with Crippen molar-refractivity contribution in [1.29, 1.82) is 0 Å². The van der Waals surface area contributed by atoms with Crippen molar-refractivity contribution in [3.8, 4) is 11.3 Å². The quantitative estimate of drug-likeness (QED) is 0.223. The molecule has 1 aliphatic rings. The van der Waals surface area contributed by atoms with Gasteiger partial charge in [0, 0.05) is 53.9 Å². The van der Waals surface area contributed by atoms with Crippen LogP contribution in [-0.4, -0.2) is 51.8 Å². The second-order valence-electron chi connectivity index (χ2n) is 10.4. The number of anilines is 3. The van der Waals surface area contributed by atoms with E-state index in [-0.39, 0.29) is 28.9 Å². The summed E-state index contributed by atoms with van der Waals surface area (Å²) in [5, 5.41) is 9.23. The van der Waals surface area contributed by atoms with E-state index in [9.17, 15) is 14.0 Å². The Morgan fingerprint density at radius 3 is 2.61 bits per heavy atom. The third kappa shape index (κ3) is 4.82. The Labute approximate surface area is 234 Å². The number of hydrogen-bond acceptors (Lipinski definition) is 9. The van der Waals surface area contributed by atoms with Crippen LogP contribution in [0.15, 0.2) is 51.8 Å². The van der Waals surface area contributed by atoms with E-state index in [1.807, 2.05) is 28.8 Å². The minimum Gasteiger partial charge on any atom is -0.422 e. The second-order valence-corrected chi connectivity index (χ2v) is 10.4. The summed E-state index contributed by atoms with van der Waals surface area (Å²) >= 11 is 0. The van der Waals surface area contributed by atoms with Crippen molar-refractivity contribution < 1.29 is 18.3 Å². The largest absolute Gasteiger partial charge is 0.422 e. The number of Topliss-reactive ketones (excluding diaryl/α,β-unsaturated/α-hetero) is 1. The molecule has 11 heteroatoms. The number of ketones is 1. The lowest BCUT2D eigenvalue weighted by Crippen LogP contribution is -2.38. The highest BCUT2D eigenvalue weighted by atomic mass is 19.1. The summed E-state index contributed by atoms with van der Waals surface area (Å²) in [6.07, 6.45) is 1.12. The van der Waals surface area contributed by atoms with Gasteiger partial charge in [0.15, 0.2) is 11.6 Å². The fourth-order valence-corrected chi connectivity index (χ4v) is 5.50. The summed E-state index contributed by atoms with van der Waals surface area (Å²) in [6.45, 7) is 7.63. The average molecular weight is 557 g/mol. The van der Waals surface area contributed by atoms with Gasteiger partial charge in [-0.3, -0.25) is 9.48 Å². The molecule has 5 aromatic rings. The van der Waals surface area contributed by atoms with E-state index >= 15 is 0 Å². The Balaban J connectivity index is 1.38. The van der Waals surface area contributed by atoms with Crippen molar-refractivity contribution in [3.63, 3.8) is 0 Å². The Morgan fingerprint density at radius 2 is 1.88 bits per heavy atom. The molecule has 0 amide bonds. The topological polar surface area (TPSA) is 115 Å². The highest BCUT2D eigenvalue weighted by Gasteiger charge is 2.25. The minimum atomic E-state index is -0.699. The number of nitrogens with zero attached hydrogens (tertiary/aromatic N) is 5. The summed E-state index contributed by atoms with van der Waals surface area (Å²) in [5.41, 5.74) is 3.34. The molecule has 0 radical (unpaired) electrons. The Bertz CT molecular complexity index is 1870. The summed E-state index contributed by atoms with van der Waals surface area (Å²) in [7, 11) is 1.90. The number of carbonyl (C=O) groups is 1. The fourth-order valence-electron chi connectivity index (χ4n) is 5.50. The molecule has 210 valence electrons. The molecule has 41 heavy (non-hydrogen) atoms. The van der Waals surface area contributed by atoms with E-state index < -0.39 is 11.4 Å². The van der Waals surface area contributed by atoms with Gasteiger partial charge in [-0.2, -0.15) is 5.10 Å². The predicted molar refractivity (Wildman–Crippen MR) is 155 cm³/mol. The van der Waals surface area contributed by atoms with Gasteiger partial charge >= 0.3 is 5.63 Å². The lowest BCUT2D eigenvalue weighted by Gasteiger charge is -2.30. The first-order valence-corrected chi connectivity index (χ1v) is 13.4. The normalized spacial score (nSPS) is 13.9. The first kappa shape index (κ1) is 26.6. The van der Waals surface area contributed by atoms with Gasteiger partial charge in [0.05, 0.1) is 30.6 Å². The molecule has 6 rings (SSSR count). The van der Waals surface area contributed by atoms with Crippen LogP contribution < -0.4 is 15.8 Å². The van der Waals surface area contributed by atoms with Gasteiger partial charge in [0.2, 0.25) is 5.95 Å². The van der Waals surface area contributed by atoms with E-state index in [1.165, 1.54) is 6.92 Å². The zero-order valence-corrected chi connectivity index (χ0v) is 23.2. The van der Waals surface area contributed by atoms with Crippen molar-refractivity contribution in [3.05, 3.63) is 70.1 Å². The number of aromatic nitrogens is 4. The molecule has 0 spiro atoms. The summed E-state index contributed by atoms with van der Waals surface area (Å²) < 4.78 is 27.8. The van der Waals surface area contributed by atoms with Crippen LogP contribution in [-0.2, 0) is 11.8 Å². The van der Waals surface area contributed by atoms with Crippen LogP contribution in [0.25, 0.3) is 33.1 Å². The Morgan fingerprint density at radius 1 is 1.10 bits per heavy atom. The molecule has 1 saturated heterocycles. The van der Waals surface area contributed by atoms with Crippen LogP contribution in [0.5, 0.6) is 0 Å². The molecular formula is C30H29FN6O4. The monoisotopic (exact) mass is 556 g/mol. The van der Waals surface area contributed by atoms with Gasteiger partial charge in [-0.1, -0.05) is 19.9 Å². The molecule has 1 N–H and O–H groups in total. The van der Waals surface area contributed by atoms with Gasteiger partial charge in [-0.25, -0.2) is 19.2 Å². The van der Waals surface area contributed by atoms with Crippen molar-refractivity contribution in [2.75, 3.05) is 36.5 Å². The highest BCUT2D eigenvalue weighted by molar-refractivity contribution is 6.07. The molecule has 1 fully saturated rings. The maximum Gasteiger partial charge on any atom is 0.349 e. The zero-order valence-electron chi connectivity index (χ0n) is 23.2. The molecule has 0 unspecified atom stereocenters. The number of rotatable bonds is 6. The first-order valence-electron chi connectivity index (χ1n) is 13.4. The van der Waals surface area contributed by atoms with Crippen molar-refractivity contribution in [1.82, 2.24) is 19.7 Å². The fraction of sp³-hybridized carbons (Fsp3) is 0.300. The number of benzene rings is 2. The summed E-state index contributed by atoms with van der Waals surface area (Å²) in [6, 6.07) is 10.8. The Hall–Kier alpha value is -4.64. The lowest BCUT2D eigenvalue weighted by atomic mass is 10.0. The zero-order chi connectivity index (χ0) is 28.8. The summed E-state index contributed by atoms with van der Waals surface area (Å²) in [5.74, 6) is -0.508. The van der Waals surface area contributed by atoms with Crippen LogP contribution >= 0.6 is 0 Å². The van der Waals surface area contributed by atoms with Gasteiger partial charge < -0.3 is 19.4 Å². The van der Waals surface area contributed by atoms with Crippen LogP contribution in [0.2, 0.25) is 0 Å². The van der Waals surface area contributed by atoms with Crippen LogP contribution in [0.1, 0.15) is 42.7 Å². The number of morpholine rings is 1. The average Bonchev–Trinajstić information content (AvgIpc) is 3.28. The van der Waals surface area contributed by atoms with Crippen LogP contribution in [0.3, 0.4) is 0 Å². The SMILES string of the molecule is CC(=O)c1c(N2CCOCC2)c2ccc(Nc3ncc(F)c(-c4ccc5nn(C)c(C(C)C)c5c4)n3)cc2oc1=O. The van der Waals surface area contributed by atoms with E-state index in [4.69, 9.17) is 9.15 Å². The number of fused-ring (bicyclic) bond motifs is 2. The number of hydrogen-bond donors (Lipinski definition) is 1. The maximum absolute atomic E-state index is 15.0. The smallest absolute Gasteiger partial charge is 0.349 e. The Kier molecular flexibility index (Phi) is 6.74. The predicted octanol–water partition coefficient (Wildman–Crippen LogP) is 5.18. The maximum atomic E-state index is 15.0. The number of ether oxygens (including phenoxy) is 1. The van der Waals surface area contributed by atoms with Gasteiger partial charge in [-0.15, -0.1) is 0 Å². The van der Waals surface area contributed by atoms with E-state index in [1.54, 1.807) is 24.3 Å².